The van der Waals surface area contributed by atoms with Gasteiger partial charge in [-0.3, -0.25) is 4.79 Å². The number of aliphatic hydroxyl groups is 1. The number of halogens is 1. The van der Waals surface area contributed by atoms with E-state index in [2.05, 4.69) is 59.8 Å². The Hall–Kier alpha value is -3.26. The third-order valence-electron chi connectivity index (χ3n) is 8.51. The van der Waals surface area contributed by atoms with Crippen molar-refractivity contribution < 1.29 is 19.0 Å². The first kappa shape index (κ1) is 30.2. The van der Waals surface area contributed by atoms with Crippen LogP contribution in [-0.4, -0.2) is 54.8 Å². The molecular weight excluding hydrogens is 529 g/mol. The van der Waals surface area contributed by atoms with Crippen molar-refractivity contribution in [3.8, 4) is 5.75 Å². The average molecular weight is 574 g/mol. The molecule has 0 aromatic heterocycles. The number of ether oxygens (including phenoxy) is 1. The summed E-state index contributed by atoms with van der Waals surface area (Å²) in [4.78, 5) is 15.8. The van der Waals surface area contributed by atoms with Crippen LogP contribution in [0.15, 0.2) is 60.7 Å². The number of nitrogens with one attached hydrogen (secondary N) is 2. The van der Waals surface area contributed by atoms with E-state index in [4.69, 9.17) is 4.74 Å². The minimum atomic E-state index is -0.897. The van der Waals surface area contributed by atoms with Crippen LogP contribution in [0.3, 0.4) is 0 Å². The number of carbonyl (C=O) groups is 1. The molecule has 0 saturated heterocycles. The zero-order valence-corrected chi connectivity index (χ0v) is 25.1. The number of rotatable bonds is 6. The minimum absolute atomic E-state index is 0.162. The van der Waals surface area contributed by atoms with Gasteiger partial charge in [0.2, 0.25) is 0 Å². The predicted octanol–water partition coefficient (Wildman–Crippen LogP) is 5.28. The van der Waals surface area contributed by atoms with Crippen LogP contribution < -0.4 is 15.4 Å². The van der Waals surface area contributed by atoms with Gasteiger partial charge in [0.25, 0.3) is 5.91 Å². The molecule has 6 nitrogen and oxygen atoms in total. The van der Waals surface area contributed by atoms with Crippen LogP contribution in [-0.2, 0) is 24.9 Å². The Balaban J connectivity index is 1.40. The number of amides is 1. The maximum Gasteiger partial charge on any atom is 0.251 e. The zero-order valence-electron chi connectivity index (χ0n) is 25.1. The molecule has 1 heterocycles. The summed E-state index contributed by atoms with van der Waals surface area (Å²) in [5.74, 6) is -0.176. The van der Waals surface area contributed by atoms with Crippen LogP contribution in [0.2, 0.25) is 0 Å². The molecule has 1 amide bonds. The number of benzene rings is 3. The summed E-state index contributed by atoms with van der Waals surface area (Å²) in [5, 5.41) is 18.2. The third-order valence-corrected chi connectivity index (χ3v) is 8.51. The Morgan fingerprint density at radius 2 is 1.95 bits per heavy atom. The van der Waals surface area contributed by atoms with Crippen molar-refractivity contribution >= 4 is 5.91 Å². The van der Waals surface area contributed by atoms with Crippen LogP contribution >= 0.6 is 0 Å². The second-order valence-electron chi connectivity index (χ2n) is 12.2. The van der Waals surface area contributed by atoms with Gasteiger partial charge in [0.1, 0.15) is 11.6 Å². The zero-order chi connectivity index (χ0) is 29.7. The molecule has 3 N–H and O–H groups in total. The Morgan fingerprint density at radius 3 is 2.74 bits per heavy atom. The highest BCUT2D eigenvalue weighted by molar-refractivity contribution is 5.94. The molecule has 224 valence electrons. The van der Waals surface area contributed by atoms with Gasteiger partial charge in [-0.25, -0.2) is 4.39 Å². The summed E-state index contributed by atoms with van der Waals surface area (Å²) in [6.45, 7) is 6.55. The number of aliphatic hydroxyl groups excluding tert-OH is 1. The largest absolute Gasteiger partial charge is 0.493 e. The topological polar surface area (TPSA) is 73.8 Å². The van der Waals surface area contributed by atoms with Gasteiger partial charge < -0.3 is 25.4 Å². The molecular formula is C35H44FN3O3. The standard InChI is InChI=1S/C35H44FN3O3/c1-4-25-8-7-9-29(17-25)35(10-11-35)37-22-33(40)32-20-26-18-30(36)21-31(19-26)42-13-6-5-12-39(3)23-27-14-24(2)15-28(16-27)34(41)38-32/h7-9,14-19,21,32-33,37,40H,4-6,10-13,20,22-23H2,1-3H3,(H,38,41). The summed E-state index contributed by atoms with van der Waals surface area (Å²) in [5.41, 5.74) is 5.66. The van der Waals surface area contributed by atoms with Crippen molar-refractivity contribution in [2.24, 2.45) is 0 Å². The van der Waals surface area contributed by atoms with Gasteiger partial charge in [-0.1, -0.05) is 42.8 Å². The van der Waals surface area contributed by atoms with E-state index in [-0.39, 0.29) is 17.9 Å². The van der Waals surface area contributed by atoms with Gasteiger partial charge in [0.05, 0.1) is 18.8 Å². The predicted molar refractivity (Wildman–Crippen MR) is 164 cm³/mol. The molecule has 2 aliphatic rings. The molecule has 2 atom stereocenters. The van der Waals surface area contributed by atoms with Crippen LogP contribution in [0.5, 0.6) is 5.75 Å². The Labute approximate surface area is 249 Å². The first-order chi connectivity index (χ1) is 20.2. The fraction of sp³-hybridized carbons (Fsp3) is 0.457. The van der Waals surface area contributed by atoms with E-state index in [1.807, 2.05) is 25.1 Å². The number of fused-ring (bicyclic) bond motifs is 4. The summed E-state index contributed by atoms with van der Waals surface area (Å²) in [6, 6.07) is 18.6. The Kier molecular flexibility index (Phi) is 9.61. The Morgan fingerprint density at radius 1 is 1.12 bits per heavy atom. The van der Waals surface area contributed by atoms with Crippen molar-refractivity contribution in [2.45, 2.75) is 76.6 Å². The third kappa shape index (κ3) is 7.77. The highest BCUT2D eigenvalue weighted by Crippen LogP contribution is 2.45. The number of hydrogen-bond acceptors (Lipinski definition) is 5. The molecule has 7 heteroatoms. The van der Waals surface area contributed by atoms with Crippen LogP contribution in [0, 0.1) is 12.7 Å². The lowest BCUT2D eigenvalue weighted by Crippen LogP contribution is -2.50. The van der Waals surface area contributed by atoms with Crippen molar-refractivity contribution in [3.63, 3.8) is 0 Å². The van der Waals surface area contributed by atoms with E-state index >= 15 is 0 Å². The second kappa shape index (κ2) is 13.4. The van der Waals surface area contributed by atoms with Crippen LogP contribution in [0.1, 0.15) is 70.8 Å². The molecule has 4 bridgehead atoms. The molecule has 1 fully saturated rings. The minimum Gasteiger partial charge on any atom is -0.493 e. The lowest BCUT2D eigenvalue weighted by molar-refractivity contribution is 0.0821. The fourth-order valence-corrected chi connectivity index (χ4v) is 5.98. The molecule has 1 aliphatic heterocycles. The van der Waals surface area contributed by atoms with Crippen molar-refractivity contribution in [2.75, 3.05) is 26.7 Å². The highest BCUT2D eigenvalue weighted by Gasteiger charge is 2.44. The van der Waals surface area contributed by atoms with Gasteiger partial charge in [-0.2, -0.15) is 0 Å². The quantitative estimate of drug-likeness (QED) is 0.374. The average Bonchev–Trinajstić information content (AvgIpc) is 3.75. The monoisotopic (exact) mass is 573 g/mol. The summed E-state index contributed by atoms with van der Waals surface area (Å²) in [6.07, 6.45) is 4.13. The smallest absolute Gasteiger partial charge is 0.251 e. The maximum absolute atomic E-state index is 14.7. The highest BCUT2D eigenvalue weighted by atomic mass is 19.1. The molecule has 3 aromatic rings. The van der Waals surface area contributed by atoms with Crippen molar-refractivity contribution in [1.82, 2.24) is 15.5 Å². The first-order valence-electron chi connectivity index (χ1n) is 15.3. The SMILES string of the molecule is CCc1cccc(C2(NCC(O)C3Cc4cc(F)cc(c4)OCCCCN(C)Cc4cc(C)cc(c4)C(=O)N3)CC2)c1. The number of nitrogens with zero attached hydrogens (tertiary/aromatic N) is 1. The van der Waals surface area contributed by atoms with Crippen LogP contribution in [0.4, 0.5) is 4.39 Å². The molecule has 1 saturated carbocycles. The Bertz CT molecular complexity index is 1390. The lowest BCUT2D eigenvalue weighted by atomic mass is 9.97. The number of hydrogen-bond donors (Lipinski definition) is 3. The van der Waals surface area contributed by atoms with Gasteiger partial charge in [-0.15, -0.1) is 0 Å². The van der Waals surface area contributed by atoms with E-state index in [0.29, 0.717) is 30.0 Å². The van der Waals surface area contributed by atoms with E-state index < -0.39 is 18.0 Å². The fourth-order valence-electron chi connectivity index (χ4n) is 5.98. The van der Waals surface area contributed by atoms with Crippen molar-refractivity contribution in [1.29, 1.82) is 0 Å². The van der Waals surface area contributed by atoms with Gasteiger partial charge in [0.15, 0.2) is 0 Å². The van der Waals surface area contributed by atoms with Gasteiger partial charge in [0, 0.05) is 30.3 Å². The number of aryl methyl sites for hydroxylation is 2. The van der Waals surface area contributed by atoms with Crippen molar-refractivity contribution in [3.05, 3.63) is 99.9 Å². The van der Waals surface area contributed by atoms with E-state index in [1.54, 1.807) is 0 Å². The first-order valence-corrected chi connectivity index (χ1v) is 15.3. The molecule has 2 unspecified atom stereocenters. The van der Waals surface area contributed by atoms with E-state index in [1.165, 1.54) is 23.3 Å². The lowest BCUT2D eigenvalue weighted by Gasteiger charge is -2.28. The van der Waals surface area contributed by atoms with Gasteiger partial charge >= 0.3 is 0 Å². The summed E-state index contributed by atoms with van der Waals surface area (Å²) in [7, 11) is 2.07. The second-order valence-corrected chi connectivity index (χ2v) is 12.2. The molecule has 1 aliphatic carbocycles. The van der Waals surface area contributed by atoms with E-state index in [0.717, 1.165) is 56.3 Å². The molecule has 0 spiro atoms. The molecule has 0 radical (unpaired) electrons. The normalized spacial score (nSPS) is 20.2. The van der Waals surface area contributed by atoms with Crippen LogP contribution in [0.25, 0.3) is 0 Å². The summed E-state index contributed by atoms with van der Waals surface area (Å²) >= 11 is 0. The summed E-state index contributed by atoms with van der Waals surface area (Å²) < 4.78 is 20.6. The van der Waals surface area contributed by atoms with Gasteiger partial charge in [-0.05, 0) is 106 Å². The van der Waals surface area contributed by atoms with E-state index in [9.17, 15) is 14.3 Å². The molecule has 42 heavy (non-hydrogen) atoms. The molecule has 5 rings (SSSR count). The molecule has 3 aromatic carbocycles. The number of carbonyl (C=O) groups excluding carboxylic acids is 1. The maximum atomic E-state index is 14.7.